The topological polar surface area (TPSA) is 187 Å². The lowest BCUT2D eigenvalue weighted by atomic mass is 9.74. The largest absolute Gasteiger partial charge is 0.481 e. The first-order valence-corrected chi connectivity index (χ1v) is 12.3. The van der Waals surface area contributed by atoms with Crippen LogP contribution in [-0.4, -0.2) is 67.8 Å². The number of aliphatic hydroxyl groups is 1. The summed E-state index contributed by atoms with van der Waals surface area (Å²) in [6.07, 6.45) is 0.536. The highest BCUT2D eigenvalue weighted by molar-refractivity contribution is 6.47. The Balaban J connectivity index is 1.76. The van der Waals surface area contributed by atoms with E-state index in [4.69, 9.17) is 26.5 Å². The molecule has 0 saturated carbocycles. The molecule has 0 spiro atoms. The number of hydrogen-bond acceptors (Lipinski definition) is 7. The molecule has 0 unspecified atom stereocenters. The van der Waals surface area contributed by atoms with Gasteiger partial charge in [0.25, 0.3) is 5.91 Å². The van der Waals surface area contributed by atoms with Gasteiger partial charge in [-0.15, -0.1) is 0 Å². The summed E-state index contributed by atoms with van der Waals surface area (Å²) in [4.78, 5) is 30.4. The summed E-state index contributed by atoms with van der Waals surface area (Å²) >= 11 is 0. The van der Waals surface area contributed by atoms with Crippen molar-refractivity contribution in [3.63, 3.8) is 0 Å². The molecule has 0 aromatic heterocycles. The van der Waals surface area contributed by atoms with E-state index in [-0.39, 0.29) is 31.5 Å². The van der Waals surface area contributed by atoms with Gasteiger partial charge < -0.3 is 42.2 Å². The monoisotopic (exact) mass is 510 g/mol. The van der Waals surface area contributed by atoms with Gasteiger partial charge in [-0.25, -0.2) is 0 Å². The molecule has 2 aromatic rings. The molecule has 1 heterocycles. The standard InChI is InChI=1S/C25H35BN6O5/c27-14-18-10-8-17(9-11-18)13-21(31-23(34)19-5-2-1-3-6-19)24(35)32-22(7-4-12-30-25(28)29)26-36-15-20(33)16-37-26/h1-3,5-6,8-11,20-22,33H,4,7,12-16,27H2,(H,31,34)(H,32,35)(H4,28,29,30)/t21-,22-/m0/s1. The molecule has 37 heavy (non-hydrogen) atoms. The molecular formula is C25H35BN6O5. The Morgan fingerprint density at radius 3 is 2.30 bits per heavy atom. The van der Waals surface area contributed by atoms with Crippen LogP contribution in [0.25, 0.3) is 0 Å². The number of benzene rings is 2. The number of hydrogen-bond donors (Lipinski definition) is 6. The van der Waals surface area contributed by atoms with Crippen molar-refractivity contribution in [2.45, 2.75) is 43.9 Å². The molecule has 1 aliphatic rings. The first kappa shape index (κ1) is 28.1. The number of aliphatic imine (C=N–C) groups is 1. The van der Waals surface area contributed by atoms with Gasteiger partial charge in [-0.1, -0.05) is 42.5 Å². The predicted molar refractivity (Wildman–Crippen MR) is 141 cm³/mol. The molecule has 1 aliphatic heterocycles. The fraction of sp³-hybridized carbons (Fsp3) is 0.400. The van der Waals surface area contributed by atoms with Crippen LogP contribution < -0.4 is 27.8 Å². The molecule has 1 saturated heterocycles. The summed E-state index contributed by atoms with van der Waals surface area (Å²) in [5.74, 6) is -1.32. The summed E-state index contributed by atoms with van der Waals surface area (Å²) < 4.78 is 11.3. The van der Waals surface area contributed by atoms with Crippen molar-refractivity contribution in [3.8, 4) is 0 Å². The Hall–Kier alpha value is -3.45. The normalized spacial score (nSPS) is 15.5. The minimum Gasteiger partial charge on any atom is -0.407 e. The molecule has 0 bridgehead atoms. The maximum absolute atomic E-state index is 13.5. The first-order chi connectivity index (χ1) is 17.9. The third-order valence-corrected chi connectivity index (χ3v) is 5.89. The second-order valence-corrected chi connectivity index (χ2v) is 8.87. The van der Waals surface area contributed by atoms with Crippen molar-refractivity contribution in [3.05, 3.63) is 71.3 Å². The maximum Gasteiger partial charge on any atom is 0.481 e. The molecule has 3 rings (SSSR count). The minimum atomic E-state index is -0.870. The lowest BCUT2D eigenvalue weighted by molar-refractivity contribution is -0.123. The third kappa shape index (κ3) is 9.18. The number of nitrogens with one attached hydrogen (secondary N) is 2. The van der Waals surface area contributed by atoms with E-state index in [1.165, 1.54) is 0 Å². The number of guanidine groups is 1. The zero-order valence-corrected chi connectivity index (χ0v) is 20.7. The summed E-state index contributed by atoms with van der Waals surface area (Å²) in [6.45, 7) is 0.956. The zero-order valence-electron chi connectivity index (χ0n) is 20.7. The van der Waals surface area contributed by atoms with Crippen LogP contribution in [0.5, 0.6) is 0 Å². The van der Waals surface area contributed by atoms with E-state index in [0.717, 1.165) is 11.1 Å². The van der Waals surface area contributed by atoms with Gasteiger partial charge >= 0.3 is 7.12 Å². The van der Waals surface area contributed by atoms with Crippen molar-refractivity contribution in [2.24, 2.45) is 22.2 Å². The smallest absolute Gasteiger partial charge is 0.407 e. The molecule has 2 aromatic carbocycles. The van der Waals surface area contributed by atoms with E-state index >= 15 is 0 Å². The molecule has 0 aliphatic carbocycles. The fourth-order valence-corrected chi connectivity index (χ4v) is 3.91. The lowest BCUT2D eigenvalue weighted by Crippen LogP contribution is -2.57. The van der Waals surface area contributed by atoms with Crippen LogP contribution in [0.4, 0.5) is 0 Å². The highest BCUT2D eigenvalue weighted by atomic mass is 16.6. The summed E-state index contributed by atoms with van der Waals surface area (Å²) in [6, 6.07) is 15.4. The Bertz CT molecular complexity index is 1030. The fourth-order valence-electron chi connectivity index (χ4n) is 3.91. The van der Waals surface area contributed by atoms with Crippen LogP contribution in [0.15, 0.2) is 59.6 Å². The van der Waals surface area contributed by atoms with Gasteiger partial charge in [0, 0.05) is 25.1 Å². The van der Waals surface area contributed by atoms with Crippen molar-refractivity contribution >= 4 is 24.9 Å². The highest BCUT2D eigenvalue weighted by Crippen LogP contribution is 2.13. The van der Waals surface area contributed by atoms with Gasteiger partial charge in [-0.3, -0.25) is 14.6 Å². The van der Waals surface area contributed by atoms with Gasteiger partial charge in [0.2, 0.25) is 5.91 Å². The molecule has 11 nitrogen and oxygen atoms in total. The Morgan fingerprint density at radius 1 is 1.03 bits per heavy atom. The number of amides is 2. The Kier molecular flexibility index (Phi) is 10.9. The van der Waals surface area contributed by atoms with Crippen LogP contribution in [0.2, 0.25) is 0 Å². The van der Waals surface area contributed by atoms with Gasteiger partial charge in [0.1, 0.15) is 6.04 Å². The summed E-state index contributed by atoms with van der Waals surface area (Å²) in [5.41, 5.74) is 18.8. The van der Waals surface area contributed by atoms with Crippen molar-refractivity contribution in [1.82, 2.24) is 10.6 Å². The number of nitrogens with two attached hydrogens (primary N) is 3. The van der Waals surface area contributed by atoms with Crippen LogP contribution in [0.1, 0.15) is 34.3 Å². The molecule has 2 amide bonds. The van der Waals surface area contributed by atoms with E-state index in [9.17, 15) is 14.7 Å². The number of nitrogens with zero attached hydrogens (tertiary/aromatic N) is 1. The van der Waals surface area contributed by atoms with Gasteiger partial charge in [-0.05, 0) is 36.1 Å². The molecule has 198 valence electrons. The molecule has 12 heteroatoms. The first-order valence-electron chi connectivity index (χ1n) is 12.3. The average molecular weight is 510 g/mol. The van der Waals surface area contributed by atoms with Crippen LogP contribution in [0.3, 0.4) is 0 Å². The molecule has 0 radical (unpaired) electrons. The highest BCUT2D eigenvalue weighted by Gasteiger charge is 2.37. The van der Waals surface area contributed by atoms with Gasteiger partial charge in [-0.2, -0.15) is 0 Å². The lowest BCUT2D eigenvalue weighted by Gasteiger charge is -2.31. The van der Waals surface area contributed by atoms with Gasteiger partial charge in [0.05, 0.1) is 25.3 Å². The Labute approximate surface area is 216 Å². The summed E-state index contributed by atoms with van der Waals surface area (Å²) in [5, 5.41) is 15.6. The van der Waals surface area contributed by atoms with Gasteiger partial charge in [0.15, 0.2) is 5.96 Å². The second kappa shape index (κ2) is 14.3. The maximum atomic E-state index is 13.5. The van der Waals surface area contributed by atoms with Crippen LogP contribution in [0, 0.1) is 0 Å². The van der Waals surface area contributed by atoms with Crippen LogP contribution in [-0.2, 0) is 27.1 Å². The van der Waals surface area contributed by atoms with Crippen molar-refractivity contribution in [2.75, 3.05) is 19.8 Å². The zero-order chi connectivity index (χ0) is 26.6. The number of rotatable bonds is 12. The van der Waals surface area contributed by atoms with E-state index in [1.54, 1.807) is 24.3 Å². The predicted octanol–water partition coefficient (Wildman–Crippen LogP) is -0.540. The van der Waals surface area contributed by atoms with E-state index < -0.39 is 31.1 Å². The molecular weight excluding hydrogens is 475 g/mol. The SMILES string of the molecule is NCc1ccc(C[C@H](NC(=O)c2ccccc2)C(=O)N[C@@H](CCCN=C(N)N)B2OCC(O)CO2)cc1. The summed E-state index contributed by atoms with van der Waals surface area (Å²) in [7, 11) is -0.763. The molecule has 2 atom stereocenters. The number of carbonyl (C=O) groups is 2. The third-order valence-electron chi connectivity index (χ3n) is 5.89. The van der Waals surface area contributed by atoms with Crippen molar-refractivity contribution < 1.29 is 24.0 Å². The van der Waals surface area contributed by atoms with E-state index in [0.29, 0.717) is 31.5 Å². The van der Waals surface area contributed by atoms with Crippen molar-refractivity contribution in [1.29, 1.82) is 0 Å². The Morgan fingerprint density at radius 2 is 1.68 bits per heavy atom. The van der Waals surface area contributed by atoms with E-state index in [2.05, 4.69) is 15.6 Å². The van der Waals surface area contributed by atoms with Crippen LogP contribution >= 0.6 is 0 Å². The quantitative estimate of drug-likeness (QED) is 0.0950. The molecule has 9 N–H and O–H groups in total. The average Bonchev–Trinajstić information content (AvgIpc) is 2.91. The molecule has 1 fully saturated rings. The number of aliphatic hydroxyl groups excluding tert-OH is 1. The number of carbonyl (C=O) groups excluding carboxylic acids is 2. The second-order valence-electron chi connectivity index (χ2n) is 8.87. The minimum absolute atomic E-state index is 0.0155. The van der Waals surface area contributed by atoms with E-state index in [1.807, 2.05) is 30.3 Å².